The predicted octanol–water partition coefficient (Wildman–Crippen LogP) is 2.32. The van der Waals surface area contributed by atoms with Crippen molar-refractivity contribution in [1.29, 1.82) is 0 Å². The van der Waals surface area contributed by atoms with Crippen molar-refractivity contribution in [2.24, 2.45) is 0 Å². The molecule has 0 aliphatic heterocycles. The first-order chi connectivity index (χ1) is 12.6. The molecular formula is C17H25N7O2. The molecule has 26 heavy (non-hydrogen) atoms. The van der Waals surface area contributed by atoms with Crippen LogP contribution in [-0.4, -0.2) is 46.7 Å². The Morgan fingerprint density at radius 1 is 1.12 bits per heavy atom. The molecule has 0 unspecified atom stereocenters. The van der Waals surface area contributed by atoms with Gasteiger partial charge in [0, 0.05) is 18.3 Å². The summed E-state index contributed by atoms with van der Waals surface area (Å²) < 4.78 is 5.53. The second-order valence-corrected chi connectivity index (χ2v) is 5.69. The fraction of sp³-hybridized carbons (Fsp3) is 0.412. The van der Waals surface area contributed by atoms with Crippen LogP contribution in [0.1, 0.15) is 20.8 Å². The molecule has 1 aromatic heterocycles. The number of urea groups is 1. The fourth-order valence-corrected chi connectivity index (χ4v) is 1.98. The van der Waals surface area contributed by atoms with Crippen LogP contribution in [0.3, 0.4) is 0 Å². The van der Waals surface area contributed by atoms with E-state index in [1.807, 2.05) is 51.1 Å². The number of para-hydroxylation sites is 1. The minimum atomic E-state index is -0.300. The summed E-state index contributed by atoms with van der Waals surface area (Å²) in [7, 11) is 0. The topological polar surface area (TPSA) is 113 Å². The summed E-state index contributed by atoms with van der Waals surface area (Å²) in [6.07, 6.45) is 0. The average Bonchev–Trinajstić information content (AvgIpc) is 2.59. The van der Waals surface area contributed by atoms with E-state index in [1.165, 1.54) is 0 Å². The van der Waals surface area contributed by atoms with Crippen molar-refractivity contribution < 1.29 is 9.53 Å². The van der Waals surface area contributed by atoms with Crippen molar-refractivity contribution in [2.45, 2.75) is 26.8 Å². The third-order valence-electron chi connectivity index (χ3n) is 3.02. The molecule has 0 saturated carbocycles. The summed E-state index contributed by atoms with van der Waals surface area (Å²) in [4.78, 5) is 24.5. The Morgan fingerprint density at radius 3 is 2.54 bits per heavy atom. The van der Waals surface area contributed by atoms with Crippen molar-refractivity contribution in [2.75, 3.05) is 35.6 Å². The summed E-state index contributed by atoms with van der Waals surface area (Å²) in [5.74, 6) is 0.881. The number of aromatic nitrogens is 3. The van der Waals surface area contributed by atoms with Gasteiger partial charge in [0.15, 0.2) is 0 Å². The van der Waals surface area contributed by atoms with E-state index in [1.54, 1.807) is 0 Å². The minimum Gasteiger partial charge on any atom is -0.461 e. The number of rotatable bonds is 9. The number of nitrogens with zero attached hydrogens (tertiary/aromatic N) is 3. The first kappa shape index (κ1) is 19.2. The largest absolute Gasteiger partial charge is 0.461 e. The van der Waals surface area contributed by atoms with E-state index in [2.05, 4.69) is 36.2 Å². The zero-order chi connectivity index (χ0) is 18.8. The number of hydrogen-bond acceptors (Lipinski definition) is 7. The van der Waals surface area contributed by atoms with Gasteiger partial charge in [0.2, 0.25) is 11.9 Å². The van der Waals surface area contributed by atoms with E-state index in [-0.39, 0.29) is 24.7 Å². The van der Waals surface area contributed by atoms with Gasteiger partial charge in [0.25, 0.3) is 0 Å². The molecule has 9 nitrogen and oxygen atoms in total. The van der Waals surface area contributed by atoms with E-state index in [9.17, 15) is 4.79 Å². The Bertz CT molecular complexity index is 695. The van der Waals surface area contributed by atoms with E-state index in [0.29, 0.717) is 25.0 Å². The normalized spacial score (nSPS) is 10.3. The van der Waals surface area contributed by atoms with Crippen LogP contribution in [0, 0.1) is 0 Å². The van der Waals surface area contributed by atoms with Gasteiger partial charge in [-0.1, -0.05) is 18.2 Å². The van der Waals surface area contributed by atoms with Crippen molar-refractivity contribution >= 4 is 23.6 Å². The second kappa shape index (κ2) is 10.0. The van der Waals surface area contributed by atoms with Crippen molar-refractivity contribution in [3.05, 3.63) is 30.3 Å². The number of carbonyl (C=O) groups is 1. The maximum Gasteiger partial charge on any atom is 0.323 e. The first-order valence-corrected chi connectivity index (χ1v) is 8.56. The highest BCUT2D eigenvalue weighted by molar-refractivity contribution is 5.89. The van der Waals surface area contributed by atoms with Crippen molar-refractivity contribution in [3.8, 4) is 6.01 Å². The molecule has 0 spiro atoms. The van der Waals surface area contributed by atoms with Gasteiger partial charge in [0.05, 0.1) is 6.54 Å². The maximum absolute atomic E-state index is 11.8. The lowest BCUT2D eigenvalue weighted by Gasteiger charge is -2.12. The van der Waals surface area contributed by atoms with Gasteiger partial charge in [-0.3, -0.25) is 0 Å². The molecule has 2 amide bonds. The van der Waals surface area contributed by atoms with Gasteiger partial charge in [-0.15, -0.1) is 0 Å². The molecule has 140 valence electrons. The molecule has 0 radical (unpaired) electrons. The van der Waals surface area contributed by atoms with Crippen LogP contribution in [-0.2, 0) is 0 Å². The summed E-state index contributed by atoms with van der Waals surface area (Å²) >= 11 is 0. The van der Waals surface area contributed by atoms with Crippen LogP contribution < -0.4 is 26.0 Å². The summed E-state index contributed by atoms with van der Waals surface area (Å²) in [6, 6.07) is 9.29. The monoisotopic (exact) mass is 359 g/mol. The smallest absolute Gasteiger partial charge is 0.323 e. The van der Waals surface area contributed by atoms with Crippen LogP contribution in [0.4, 0.5) is 22.4 Å². The first-order valence-electron chi connectivity index (χ1n) is 8.56. The highest BCUT2D eigenvalue weighted by Crippen LogP contribution is 2.11. The Morgan fingerprint density at radius 2 is 1.85 bits per heavy atom. The summed E-state index contributed by atoms with van der Waals surface area (Å²) in [6.45, 7) is 7.17. The van der Waals surface area contributed by atoms with Crippen LogP contribution in [0.15, 0.2) is 30.3 Å². The molecule has 2 rings (SSSR count). The van der Waals surface area contributed by atoms with Gasteiger partial charge >= 0.3 is 12.0 Å². The van der Waals surface area contributed by atoms with Gasteiger partial charge in [0.1, 0.15) is 6.61 Å². The molecule has 2 aromatic rings. The number of nitrogens with one attached hydrogen (secondary N) is 4. The average molecular weight is 359 g/mol. The number of hydrogen-bond donors (Lipinski definition) is 4. The molecule has 0 bridgehead atoms. The molecule has 1 aromatic carbocycles. The lowest BCUT2D eigenvalue weighted by atomic mass is 10.3. The SMILES string of the molecule is CCNc1nc(NC(C)C)nc(OCCNC(=O)Nc2ccccc2)n1. The Kier molecular flexibility index (Phi) is 7.41. The van der Waals surface area contributed by atoms with Crippen LogP contribution in [0.5, 0.6) is 6.01 Å². The Balaban J connectivity index is 1.82. The lowest BCUT2D eigenvalue weighted by Crippen LogP contribution is -2.32. The lowest BCUT2D eigenvalue weighted by molar-refractivity contribution is 0.245. The number of anilines is 3. The summed E-state index contributed by atoms with van der Waals surface area (Å²) in [5, 5.41) is 11.6. The molecule has 0 atom stereocenters. The molecule has 0 saturated heterocycles. The number of benzene rings is 1. The van der Waals surface area contributed by atoms with Crippen LogP contribution in [0.2, 0.25) is 0 Å². The number of amides is 2. The van der Waals surface area contributed by atoms with E-state index in [4.69, 9.17) is 4.74 Å². The molecule has 9 heteroatoms. The highest BCUT2D eigenvalue weighted by atomic mass is 16.5. The van der Waals surface area contributed by atoms with Crippen LogP contribution >= 0.6 is 0 Å². The number of ether oxygens (including phenoxy) is 1. The third-order valence-corrected chi connectivity index (χ3v) is 3.02. The summed E-state index contributed by atoms with van der Waals surface area (Å²) in [5.41, 5.74) is 0.725. The van der Waals surface area contributed by atoms with Gasteiger partial charge < -0.3 is 26.0 Å². The van der Waals surface area contributed by atoms with Gasteiger partial charge in [-0.05, 0) is 32.9 Å². The zero-order valence-electron chi connectivity index (χ0n) is 15.2. The zero-order valence-corrected chi connectivity index (χ0v) is 15.2. The molecular weight excluding hydrogens is 334 g/mol. The van der Waals surface area contributed by atoms with Gasteiger partial charge in [-0.25, -0.2) is 4.79 Å². The molecule has 4 N–H and O–H groups in total. The maximum atomic E-state index is 11.8. The number of carbonyl (C=O) groups excluding carboxylic acids is 1. The third kappa shape index (κ3) is 6.80. The van der Waals surface area contributed by atoms with Crippen LogP contribution in [0.25, 0.3) is 0 Å². The quantitative estimate of drug-likeness (QED) is 0.508. The molecule has 1 heterocycles. The predicted molar refractivity (Wildman–Crippen MR) is 102 cm³/mol. The minimum absolute atomic E-state index is 0.183. The van der Waals surface area contributed by atoms with E-state index < -0.39 is 0 Å². The standard InChI is InChI=1S/C17H25N7O2/c1-4-18-14-22-15(20-12(2)3)24-17(23-14)26-11-10-19-16(25)21-13-8-6-5-7-9-13/h5-9,12H,4,10-11H2,1-3H3,(H2,19,21,25)(H2,18,20,22,23,24). The second-order valence-electron chi connectivity index (χ2n) is 5.69. The molecule has 0 aliphatic carbocycles. The van der Waals surface area contributed by atoms with E-state index in [0.717, 1.165) is 5.69 Å². The van der Waals surface area contributed by atoms with E-state index >= 15 is 0 Å². The van der Waals surface area contributed by atoms with Crippen molar-refractivity contribution in [1.82, 2.24) is 20.3 Å². The Labute approximate surface area is 153 Å². The van der Waals surface area contributed by atoms with Gasteiger partial charge in [-0.2, -0.15) is 15.0 Å². The fourth-order valence-electron chi connectivity index (χ4n) is 1.98. The van der Waals surface area contributed by atoms with Crippen molar-refractivity contribution in [3.63, 3.8) is 0 Å². The molecule has 0 fully saturated rings. The highest BCUT2D eigenvalue weighted by Gasteiger charge is 2.08. The molecule has 0 aliphatic rings. The Hall–Kier alpha value is -3.10.